The van der Waals surface area contributed by atoms with E-state index in [1.54, 1.807) is 0 Å². The zero-order chi connectivity index (χ0) is 7.19. The van der Waals surface area contributed by atoms with Gasteiger partial charge in [-0.2, -0.15) is 0 Å². The molecule has 2 fully saturated rings. The van der Waals surface area contributed by atoms with Crippen molar-refractivity contribution >= 4 is 5.91 Å². The van der Waals surface area contributed by atoms with Crippen LogP contribution in [0.1, 0.15) is 25.7 Å². The first kappa shape index (κ1) is 6.16. The summed E-state index contributed by atoms with van der Waals surface area (Å²) in [5.74, 6) is 5.25. The lowest BCUT2D eigenvalue weighted by Gasteiger charge is -2.33. The maximum absolute atomic E-state index is 10.9. The van der Waals surface area contributed by atoms with Crippen molar-refractivity contribution in [3.63, 3.8) is 0 Å². The van der Waals surface area contributed by atoms with Gasteiger partial charge in [0, 0.05) is 5.92 Å². The molecular weight excluding hydrogens is 128 g/mol. The number of nitrogens with one attached hydrogen (secondary N) is 1. The molecule has 2 rings (SSSR count). The summed E-state index contributed by atoms with van der Waals surface area (Å²) in [5.41, 5.74) is 2.80. The van der Waals surface area contributed by atoms with Crippen LogP contribution in [0.15, 0.2) is 0 Å². The monoisotopic (exact) mass is 140 g/mol. The maximum atomic E-state index is 10.9. The lowest BCUT2D eigenvalue weighted by atomic mass is 9.71. The first-order valence-electron chi connectivity index (χ1n) is 3.76. The summed E-state index contributed by atoms with van der Waals surface area (Å²) < 4.78 is 0. The molecule has 10 heavy (non-hydrogen) atoms. The Morgan fingerprint density at radius 2 is 2.10 bits per heavy atom. The Kier molecular flexibility index (Phi) is 1.06. The van der Waals surface area contributed by atoms with Crippen LogP contribution >= 0.6 is 0 Å². The van der Waals surface area contributed by atoms with Crippen LogP contribution in [0.4, 0.5) is 0 Å². The van der Waals surface area contributed by atoms with Gasteiger partial charge in [0.15, 0.2) is 0 Å². The summed E-state index contributed by atoms with van der Waals surface area (Å²) in [6.07, 6.45) is 4.83. The van der Waals surface area contributed by atoms with Gasteiger partial charge in [0.25, 0.3) is 0 Å². The summed E-state index contributed by atoms with van der Waals surface area (Å²) in [5, 5.41) is 0. The van der Waals surface area contributed by atoms with Gasteiger partial charge in [0.1, 0.15) is 0 Å². The standard InChI is InChI=1S/C7H12N2O/c8-9-6(10)5-3-7(4-5)1-2-7/h5H,1-4,8H2,(H,9,10). The lowest BCUT2D eigenvalue weighted by Crippen LogP contribution is -2.42. The van der Waals surface area contributed by atoms with Crippen molar-refractivity contribution in [2.75, 3.05) is 0 Å². The quantitative estimate of drug-likeness (QED) is 0.310. The molecule has 0 radical (unpaired) electrons. The number of hydrazine groups is 1. The second-order valence-electron chi connectivity index (χ2n) is 3.61. The predicted octanol–water partition coefficient (Wildman–Crippen LogP) is 0.166. The minimum Gasteiger partial charge on any atom is -0.294 e. The van der Waals surface area contributed by atoms with Crippen LogP contribution in [-0.4, -0.2) is 5.91 Å². The van der Waals surface area contributed by atoms with Crippen molar-refractivity contribution in [2.24, 2.45) is 17.2 Å². The lowest BCUT2D eigenvalue weighted by molar-refractivity contribution is -0.129. The van der Waals surface area contributed by atoms with Gasteiger partial charge in [-0.25, -0.2) is 5.84 Å². The first-order chi connectivity index (χ1) is 4.76. The van der Waals surface area contributed by atoms with Crippen molar-refractivity contribution < 1.29 is 4.79 Å². The van der Waals surface area contributed by atoms with Crippen LogP contribution in [-0.2, 0) is 4.79 Å². The highest BCUT2D eigenvalue weighted by Gasteiger charge is 2.54. The number of nitrogens with two attached hydrogens (primary N) is 1. The molecule has 0 aromatic carbocycles. The van der Waals surface area contributed by atoms with Gasteiger partial charge in [0.2, 0.25) is 5.91 Å². The highest BCUT2D eigenvalue weighted by Crippen LogP contribution is 2.63. The van der Waals surface area contributed by atoms with Crippen LogP contribution in [0, 0.1) is 11.3 Å². The SMILES string of the molecule is NNC(=O)C1CC2(CC2)C1. The zero-order valence-electron chi connectivity index (χ0n) is 5.89. The molecule has 0 unspecified atom stereocenters. The van der Waals surface area contributed by atoms with E-state index in [-0.39, 0.29) is 11.8 Å². The number of amides is 1. The third kappa shape index (κ3) is 0.736. The Morgan fingerprint density at radius 3 is 2.50 bits per heavy atom. The summed E-state index contributed by atoms with van der Waals surface area (Å²) in [6, 6.07) is 0. The molecule has 1 spiro atoms. The molecule has 0 atom stereocenters. The number of hydrogen-bond donors (Lipinski definition) is 2. The summed E-state index contributed by atoms with van der Waals surface area (Å²) in [6.45, 7) is 0. The fraction of sp³-hybridized carbons (Fsp3) is 0.857. The Bertz CT molecular complexity index is 166. The van der Waals surface area contributed by atoms with E-state index < -0.39 is 0 Å². The second-order valence-corrected chi connectivity index (χ2v) is 3.61. The molecule has 2 aliphatic carbocycles. The third-order valence-electron chi connectivity index (χ3n) is 2.83. The van der Waals surface area contributed by atoms with E-state index in [1.165, 1.54) is 12.8 Å². The Balaban J connectivity index is 1.84. The van der Waals surface area contributed by atoms with Gasteiger partial charge in [-0.3, -0.25) is 10.2 Å². The van der Waals surface area contributed by atoms with E-state index in [0.717, 1.165) is 12.8 Å². The molecule has 2 saturated carbocycles. The summed E-state index contributed by atoms with van der Waals surface area (Å²) in [7, 11) is 0. The second kappa shape index (κ2) is 1.72. The zero-order valence-corrected chi connectivity index (χ0v) is 5.89. The molecule has 0 aromatic heterocycles. The van der Waals surface area contributed by atoms with E-state index in [1.807, 2.05) is 0 Å². The van der Waals surface area contributed by atoms with Crippen molar-refractivity contribution in [1.29, 1.82) is 0 Å². The molecule has 0 heterocycles. The van der Waals surface area contributed by atoms with Crippen LogP contribution in [0.25, 0.3) is 0 Å². The molecule has 56 valence electrons. The normalized spacial score (nSPS) is 27.7. The first-order valence-corrected chi connectivity index (χ1v) is 3.76. The molecule has 3 nitrogen and oxygen atoms in total. The number of carbonyl (C=O) groups is 1. The van der Waals surface area contributed by atoms with E-state index >= 15 is 0 Å². The Morgan fingerprint density at radius 1 is 1.50 bits per heavy atom. The van der Waals surface area contributed by atoms with Crippen molar-refractivity contribution in [2.45, 2.75) is 25.7 Å². The molecule has 0 aliphatic heterocycles. The fourth-order valence-electron chi connectivity index (χ4n) is 1.87. The highest BCUT2D eigenvalue weighted by molar-refractivity contribution is 5.79. The van der Waals surface area contributed by atoms with E-state index in [0.29, 0.717) is 5.41 Å². The molecule has 3 heteroatoms. The van der Waals surface area contributed by atoms with E-state index in [2.05, 4.69) is 5.43 Å². The average molecular weight is 140 g/mol. The number of hydrogen-bond acceptors (Lipinski definition) is 2. The van der Waals surface area contributed by atoms with Gasteiger partial charge < -0.3 is 0 Å². The van der Waals surface area contributed by atoms with E-state index in [9.17, 15) is 4.79 Å². The van der Waals surface area contributed by atoms with Crippen molar-refractivity contribution in [3.05, 3.63) is 0 Å². The molecule has 0 aromatic rings. The predicted molar refractivity (Wildman–Crippen MR) is 36.7 cm³/mol. The highest BCUT2D eigenvalue weighted by atomic mass is 16.2. The van der Waals surface area contributed by atoms with Crippen LogP contribution in [0.5, 0.6) is 0 Å². The maximum Gasteiger partial charge on any atom is 0.237 e. The van der Waals surface area contributed by atoms with E-state index in [4.69, 9.17) is 5.84 Å². The topological polar surface area (TPSA) is 55.1 Å². The fourth-order valence-corrected chi connectivity index (χ4v) is 1.87. The minimum atomic E-state index is 0.0255. The largest absolute Gasteiger partial charge is 0.294 e. The molecule has 0 saturated heterocycles. The van der Waals surface area contributed by atoms with Gasteiger partial charge >= 0.3 is 0 Å². The van der Waals surface area contributed by atoms with Crippen LogP contribution < -0.4 is 11.3 Å². The molecule has 2 aliphatic rings. The average Bonchev–Trinajstić information content (AvgIpc) is 2.61. The Hall–Kier alpha value is -0.570. The Labute approximate surface area is 59.9 Å². The molecular formula is C7H12N2O. The third-order valence-corrected chi connectivity index (χ3v) is 2.83. The minimum absolute atomic E-state index is 0.0255. The molecule has 3 N–H and O–H groups in total. The van der Waals surface area contributed by atoms with Gasteiger partial charge in [-0.1, -0.05) is 0 Å². The van der Waals surface area contributed by atoms with Crippen LogP contribution in [0.3, 0.4) is 0 Å². The molecule has 0 bridgehead atoms. The van der Waals surface area contributed by atoms with Gasteiger partial charge in [0.05, 0.1) is 0 Å². The van der Waals surface area contributed by atoms with Crippen LogP contribution in [0.2, 0.25) is 0 Å². The van der Waals surface area contributed by atoms with Crippen molar-refractivity contribution in [3.8, 4) is 0 Å². The summed E-state index contributed by atoms with van der Waals surface area (Å²) in [4.78, 5) is 10.9. The molecule has 1 amide bonds. The number of rotatable bonds is 1. The van der Waals surface area contributed by atoms with Gasteiger partial charge in [-0.05, 0) is 31.1 Å². The van der Waals surface area contributed by atoms with Gasteiger partial charge in [-0.15, -0.1) is 0 Å². The smallest absolute Gasteiger partial charge is 0.237 e. The summed E-state index contributed by atoms with van der Waals surface area (Å²) >= 11 is 0. The van der Waals surface area contributed by atoms with Crippen molar-refractivity contribution in [1.82, 2.24) is 5.43 Å². The number of carbonyl (C=O) groups excluding carboxylic acids is 1.